The minimum Gasteiger partial charge on any atom is -0.388 e. The van der Waals surface area contributed by atoms with Crippen LogP contribution in [-0.2, 0) is 16.4 Å². The number of amidine groups is 1. The van der Waals surface area contributed by atoms with Gasteiger partial charge < -0.3 is 5.73 Å². The van der Waals surface area contributed by atoms with E-state index in [-0.39, 0.29) is 11.6 Å². The molecule has 4 N–H and O–H groups in total. The second-order valence-corrected chi connectivity index (χ2v) is 6.23. The molecular formula is C12H20N4O2S. The molecule has 0 spiro atoms. The molecule has 1 heterocycles. The zero-order chi connectivity index (χ0) is 14.1. The highest BCUT2D eigenvalue weighted by atomic mass is 32.2. The fourth-order valence-electron chi connectivity index (χ4n) is 1.54. The van der Waals surface area contributed by atoms with E-state index >= 15 is 0 Å². The number of nitrogens with one attached hydrogen (secondary N) is 2. The normalized spacial score (nSPS) is 11.4. The summed E-state index contributed by atoms with van der Waals surface area (Å²) < 4.78 is 26.0. The van der Waals surface area contributed by atoms with E-state index in [9.17, 15) is 8.42 Å². The van der Waals surface area contributed by atoms with Crippen LogP contribution < -0.4 is 10.5 Å². The lowest BCUT2D eigenvalue weighted by atomic mass is 10.2. The van der Waals surface area contributed by atoms with Crippen LogP contribution in [0, 0.1) is 5.41 Å². The molecule has 0 aliphatic heterocycles. The molecule has 1 aromatic rings. The minimum atomic E-state index is -3.24. The largest absolute Gasteiger partial charge is 0.388 e. The number of rotatable bonds is 9. The molecule has 106 valence electrons. The molecule has 1 rings (SSSR count). The zero-order valence-electron chi connectivity index (χ0n) is 10.8. The summed E-state index contributed by atoms with van der Waals surface area (Å²) in [7, 11) is -3.24. The summed E-state index contributed by atoms with van der Waals surface area (Å²) in [6.07, 6.45) is 5.70. The number of hydrogen-bond donors (Lipinski definition) is 3. The Balaban J connectivity index is 2.23. The first-order valence-corrected chi connectivity index (χ1v) is 7.84. The van der Waals surface area contributed by atoms with Gasteiger partial charge in [0, 0.05) is 25.4 Å². The molecule has 6 nitrogen and oxygen atoms in total. The lowest BCUT2D eigenvalue weighted by Crippen LogP contribution is -2.28. The Morgan fingerprint density at radius 3 is 2.63 bits per heavy atom. The van der Waals surface area contributed by atoms with Gasteiger partial charge in [0.25, 0.3) is 0 Å². The van der Waals surface area contributed by atoms with E-state index in [1.165, 1.54) is 0 Å². The van der Waals surface area contributed by atoms with Crippen molar-refractivity contribution in [2.24, 2.45) is 5.73 Å². The second kappa shape index (κ2) is 7.85. The van der Waals surface area contributed by atoms with E-state index in [0.717, 1.165) is 12.0 Å². The Labute approximate surface area is 114 Å². The van der Waals surface area contributed by atoms with Crippen LogP contribution in [0.5, 0.6) is 0 Å². The lowest BCUT2D eigenvalue weighted by molar-refractivity contribution is 0.576. The van der Waals surface area contributed by atoms with Crippen molar-refractivity contribution in [2.45, 2.75) is 25.7 Å². The molecule has 0 aliphatic rings. The Bertz CT molecular complexity index is 488. The van der Waals surface area contributed by atoms with Crippen molar-refractivity contribution in [2.75, 3.05) is 12.3 Å². The summed E-state index contributed by atoms with van der Waals surface area (Å²) >= 11 is 0. The summed E-state index contributed by atoms with van der Waals surface area (Å²) in [4.78, 5) is 3.88. The number of aromatic nitrogens is 1. The number of sulfonamides is 1. The summed E-state index contributed by atoms with van der Waals surface area (Å²) in [6, 6.07) is 3.62. The molecule has 0 aliphatic carbocycles. The van der Waals surface area contributed by atoms with Crippen LogP contribution in [0.3, 0.4) is 0 Å². The van der Waals surface area contributed by atoms with Crippen LogP contribution in [0.2, 0.25) is 0 Å². The molecule has 0 unspecified atom stereocenters. The predicted molar refractivity (Wildman–Crippen MR) is 75.5 cm³/mol. The SMILES string of the molecule is N=C(N)CCCCNS(=O)(=O)CCc1ccncc1. The topological polar surface area (TPSA) is 109 Å². The molecule has 0 atom stereocenters. The molecule has 0 saturated carbocycles. The first-order valence-electron chi connectivity index (χ1n) is 6.19. The fraction of sp³-hybridized carbons (Fsp3) is 0.500. The van der Waals surface area contributed by atoms with Gasteiger partial charge in [-0.05, 0) is 37.0 Å². The number of unbranched alkanes of at least 4 members (excludes halogenated alkanes) is 1. The maximum atomic E-state index is 11.7. The van der Waals surface area contributed by atoms with Crippen LogP contribution >= 0.6 is 0 Å². The number of aryl methyl sites for hydroxylation is 1. The van der Waals surface area contributed by atoms with Crippen LogP contribution in [0.4, 0.5) is 0 Å². The minimum absolute atomic E-state index is 0.0731. The molecule has 0 radical (unpaired) electrons. The van der Waals surface area contributed by atoms with E-state index in [2.05, 4.69) is 9.71 Å². The van der Waals surface area contributed by atoms with E-state index in [1.807, 2.05) is 12.1 Å². The van der Waals surface area contributed by atoms with Crippen molar-refractivity contribution in [1.29, 1.82) is 5.41 Å². The van der Waals surface area contributed by atoms with Crippen LogP contribution in [-0.4, -0.2) is 31.5 Å². The van der Waals surface area contributed by atoms with Gasteiger partial charge in [-0.1, -0.05) is 0 Å². The van der Waals surface area contributed by atoms with Gasteiger partial charge >= 0.3 is 0 Å². The maximum Gasteiger partial charge on any atom is 0.211 e. The van der Waals surface area contributed by atoms with Gasteiger partial charge in [0.15, 0.2) is 0 Å². The van der Waals surface area contributed by atoms with E-state index in [4.69, 9.17) is 11.1 Å². The smallest absolute Gasteiger partial charge is 0.211 e. The predicted octanol–water partition coefficient (Wildman–Crippen LogP) is 0.650. The highest BCUT2D eigenvalue weighted by Gasteiger charge is 2.09. The Morgan fingerprint density at radius 2 is 2.00 bits per heavy atom. The summed E-state index contributed by atoms with van der Waals surface area (Å²) in [5, 5.41) is 7.05. The monoisotopic (exact) mass is 284 g/mol. The molecule has 1 aromatic heterocycles. The standard InChI is InChI=1S/C12H20N4O2S/c13-12(14)3-1-2-7-16-19(17,18)10-6-11-4-8-15-9-5-11/h4-5,8-9,16H,1-3,6-7,10H2,(H3,13,14). The zero-order valence-corrected chi connectivity index (χ0v) is 11.6. The van der Waals surface area contributed by atoms with Crippen LogP contribution in [0.1, 0.15) is 24.8 Å². The Kier molecular flexibility index (Phi) is 6.44. The van der Waals surface area contributed by atoms with Gasteiger partial charge in [-0.25, -0.2) is 13.1 Å². The molecular weight excluding hydrogens is 264 g/mol. The lowest BCUT2D eigenvalue weighted by Gasteiger charge is -2.06. The van der Waals surface area contributed by atoms with Gasteiger partial charge in [0.1, 0.15) is 0 Å². The number of pyridine rings is 1. The van der Waals surface area contributed by atoms with Crippen molar-refractivity contribution in [3.63, 3.8) is 0 Å². The third kappa shape index (κ3) is 7.53. The van der Waals surface area contributed by atoms with E-state index in [1.54, 1.807) is 12.4 Å². The highest BCUT2D eigenvalue weighted by molar-refractivity contribution is 7.89. The average molecular weight is 284 g/mol. The van der Waals surface area contributed by atoms with Gasteiger partial charge in [0.2, 0.25) is 10.0 Å². The van der Waals surface area contributed by atoms with Crippen molar-refractivity contribution in [3.05, 3.63) is 30.1 Å². The summed E-state index contributed by atoms with van der Waals surface area (Å²) in [5.74, 6) is 0.213. The molecule has 19 heavy (non-hydrogen) atoms. The average Bonchev–Trinajstić information content (AvgIpc) is 2.37. The van der Waals surface area contributed by atoms with Gasteiger partial charge in [-0.3, -0.25) is 10.4 Å². The van der Waals surface area contributed by atoms with Crippen LogP contribution in [0.15, 0.2) is 24.5 Å². The van der Waals surface area contributed by atoms with Crippen molar-refractivity contribution < 1.29 is 8.42 Å². The summed E-state index contributed by atoms with van der Waals surface area (Å²) in [5.41, 5.74) is 6.17. The number of nitrogens with two attached hydrogens (primary N) is 1. The fourth-order valence-corrected chi connectivity index (χ4v) is 2.65. The van der Waals surface area contributed by atoms with Crippen molar-refractivity contribution in [3.8, 4) is 0 Å². The van der Waals surface area contributed by atoms with E-state index in [0.29, 0.717) is 25.8 Å². The quantitative estimate of drug-likeness (QED) is 0.351. The van der Waals surface area contributed by atoms with Gasteiger partial charge in [-0.15, -0.1) is 0 Å². The summed E-state index contributed by atoms with van der Waals surface area (Å²) in [6.45, 7) is 0.395. The molecule has 0 amide bonds. The van der Waals surface area contributed by atoms with E-state index < -0.39 is 10.0 Å². The third-order valence-corrected chi connectivity index (χ3v) is 3.99. The number of hydrogen-bond acceptors (Lipinski definition) is 4. The van der Waals surface area contributed by atoms with Crippen molar-refractivity contribution >= 4 is 15.9 Å². The van der Waals surface area contributed by atoms with Gasteiger partial charge in [0.05, 0.1) is 11.6 Å². The van der Waals surface area contributed by atoms with Crippen LogP contribution in [0.25, 0.3) is 0 Å². The Hall–Kier alpha value is -1.47. The second-order valence-electron chi connectivity index (χ2n) is 4.30. The molecule has 0 saturated heterocycles. The first-order chi connectivity index (χ1) is 8.99. The highest BCUT2D eigenvalue weighted by Crippen LogP contribution is 2.00. The molecule has 7 heteroatoms. The maximum absolute atomic E-state index is 11.7. The first kappa shape index (κ1) is 15.6. The molecule has 0 fully saturated rings. The third-order valence-electron chi connectivity index (χ3n) is 2.60. The molecule has 0 bridgehead atoms. The van der Waals surface area contributed by atoms with Gasteiger partial charge in [-0.2, -0.15) is 0 Å². The Morgan fingerprint density at radius 1 is 1.32 bits per heavy atom. The number of nitrogens with zero attached hydrogens (tertiary/aromatic N) is 1. The van der Waals surface area contributed by atoms with Crippen molar-refractivity contribution in [1.82, 2.24) is 9.71 Å². The molecule has 0 aromatic carbocycles.